The maximum absolute atomic E-state index is 14.7. The van der Waals surface area contributed by atoms with Crippen LogP contribution in [-0.2, 0) is 16.1 Å². The molecule has 4 amide bonds. The first-order chi connectivity index (χ1) is 25.7. The van der Waals surface area contributed by atoms with Crippen LogP contribution in [0.2, 0.25) is 0 Å². The topological polar surface area (TPSA) is 149 Å². The number of hydrogen-bond acceptors (Lipinski definition) is 8. The fourth-order valence-corrected chi connectivity index (χ4v) is 7.50. The number of primary amides is 1. The van der Waals surface area contributed by atoms with Crippen molar-refractivity contribution in [2.24, 2.45) is 11.7 Å². The number of benzene rings is 3. The zero-order valence-electron chi connectivity index (χ0n) is 30.4. The van der Waals surface area contributed by atoms with Gasteiger partial charge < -0.3 is 35.1 Å². The number of amides is 4. The van der Waals surface area contributed by atoms with Gasteiger partial charge in [-0.1, -0.05) is 61.0 Å². The highest BCUT2D eigenvalue weighted by Gasteiger charge is 2.60. The number of nitrogens with zero attached hydrogens (tertiary/aromatic N) is 4. The molecule has 2 fully saturated rings. The van der Waals surface area contributed by atoms with E-state index in [1.165, 1.54) is 0 Å². The van der Waals surface area contributed by atoms with Gasteiger partial charge in [-0.3, -0.25) is 9.59 Å². The van der Waals surface area contributed by atoms with Crippen molar-refractivity contribution in [2.75, 3.05) is 27.3 Å². The summed E-state index contributed by atoms with van der Waals surface area (Å²) >= 11 is 0. The van der Waals surface area contributed by atoms with Crippen LogP contribution in [0, 0.1) is 12.8 Å². The standard InChI is InChI=1S/C41H46N6O6/c1-26-34(52-3)20-19-32-35(26)43-36(28-12-8-7-9-13-28)44-38(32)53-31-22-33-37(48)45-41(39(42)49)23-29(41)14-10-5-4-6-11-21-46(40(50)47(33)25-31)24-27-15-17-30(51-2)18-16-27/h7-10,12-20,29,31,33H,4-6,11,21-25H2,1-3H3,(H2,42,49)(H,45,48). The number of allylic oxidation sites excluding steroid dienone is 1. The first kappa shape index (κ1) is 35.7. The number of aromatic nitrogens is 2. The number of ether oxygens (including phenoxy) is 3. The molecule has 53 heavy (non-hydrogen) atoms. The molecular formula is C41H46N6O6. The van der Waals surface area contributed by atoms with E-state index in [2.05, 4.69) is 11.4 Å². The summed E-state index contributed by atoms with van der Waals surface area (Å²) in [5.41, 5.74) is 7.98. The average Bonchev–Trinajstić information content (AvgIpc) is 3.71. The number of carbonyl (C=O) groups excluding carboxylic acids is 3. The zero-order chi connectivity index (χ0) is 37.1. The molecule has 1 saturated carbocycles. The van der Waals surface area contributed by atoms with Crippen molar-refractivity contribution in [3.8, 4) is 28.8 Å². The normalized spacial score (nSPS) is 23.3. The Bertz CT molecular complexity index is 2020. The van der Waals surface area contributed by atoms with Crippen LogP contribution in [-0.4, -0.2) is 82.6 Å². The molecule has 4 unspecified atom stereocenters. The molecule has 3 aromatic carbocycles. The van der Waals surface area contributed by atoms with Gasteiger partial charge in [-0.05, 0) is 62.4 Å². The predicted octanol–water partition coefficient (Wildman–Crippen LogP) is 5.56. The van der Waals surface area contributed by atoms with E-state index in [0.717, 1.165) is 48.1 Å². The molecule has 0 spiro atoms. The van der Waals surface area contributed by atoms with Gasteiger partial charge >= 0.3 is 6.03 Å². The van der Waals surface area contributed by atoms with Gasteiger partial charge in [0.25, 0.3) is 0 Å². The second kappa shape index (κ2) is 15.1. The second-order valence-corrected chi connectivity index (χ2v) is 14.1. The first-order valence-corrected chi connectivity index (χ1v) is 18.2. The van der Waals surface area contributed by atoms with Crippen LogP contribution in [0.5, 0.6) is 17.4 Å². The van der Waals surface area contributed by atoms with Crippen molar-refractivity contribution in [1.82, 2.24) is 25.1 Å². The summed E-state index contributed by atoms with van der Waals surface area (Å²) in [5.74, 6) is 1.03. The van der Waals surface area contributed by atoms with Crippen molar-refractivity contribution < 1.29 is 28.6 Å². The van der Waals surface area contributed by atoms with Crippen molar-refractivity contribution in [1.29, 1.82) is 0 Å². The van der Waals surface area contributed by atoms with E-state index in [1.807, 2.05) is 79.7 Å². The minimum atomic E-state index is -1.19. The summed E-state index contributed by atoms with van der Waals surface area (Å²) in [7, 11) is 3.23. The number of aryl methyl sites for hydroxylation is 1. The van der Waals surface area contributed by atoms with Crippen LogP contribution >= 0.6 is 0 Å². The van der Waals surface area contributed by atoms with E-state index in [0.29, 0.717) is 47.9 Å². The average molecular weight is 719 g/mol. The summed E-state index contributed by atoms with van der Waals surface area (Å²) in [6, 6.07) is 19.8. The maximum Gasteiger partial charge on any atom is 0.321 e. The lowest BCUT2D eigenvalue weighted by atomic mass is 10.1. The highest BCUT2D eigenvalue weighted by molar-refractivity contribution is 5.97. The highest BCUT2D eigenvalue weighted by atomic mass is 16.5. The molecule has 1 saturated heterocycles. The van der Waals surface area contributed by atoms with E-state index >= 15 is 0 Å². The van der Waals surface area contributed by atoms with Crippen LogP contribution in [0.15, 0.2) is 78.9 Å². The summed E-state index contributed by atoms with van der Waals surface area (Å²) in [4.78, 5) is 54.9. The number of carbonyl (C=O) groups is 3. The van der Waals surface area contributed by atoms with Gasteiger partial charge in [-0.25, -0.2) is 9.78 Å². The summed E-state index contributed by atoms with van der Waals surface area (Å²) in [6.45, 7) is 2.93. The number of nitrogens with two attached hydrogens (primary N) is 1. The number of hydrogen-bond donors (Lipinski definition) is 2. The lowest BCUT2D eigenvalue weighted by Crippen LogP contribution is -2.56. The van der Waals surface area contributed by atoms with Crippen LogP contribution in [0.25, 0.3) is 22.3 Å². The minimum Gasteiger partial charge on any atom is -0.497 e. The molecule has 12 heteroatoms. The zero-order valence-corrected chi connectivity index (χ0v) is 30.4. The van der Waals surface area contributed by atoms with Gasteiger partial charge in [0.2, 0.25) is 17.7 Å². The third kappa shape index (κ3) is 7.35. The molecule has 3 N–H and O–H groups in total. The van der Waals surface area contributed by atoms with Gasteiger partial charge in [0.05, 0.1) is 31.7 Å². The quantitative estimate of drug-likeness (QED) is 0.225. The lowest BCUT2D eigenvalue weighted by molar-refractivity contribution is -0.130. The van der Waals surface area contributed by atoms with E-state index in [9.17, 15) is 14.4 Å². The van der Waals surface area contributed by atoms with Crippen LogP contribution < -0.4 is 25.3 Å². The molecule has 1 aromatic heterocycles. The van der Waals surface area contributed by atoms with Gasteiger partial charge in [0.1, 0.15) is 29.2 Å². The fraction of sp³-hybridized carbons (Fsp3) is 0.390. The Balaban J connectivity index is 1.24. The number of nitrogens with one attached hydrogen (secondary N) is 1. The number of fused-ring (bicyclic) bond motifs is 3. The van der Waals surface area contributed by atoms with E-state index in [-0.39, 0.29) is 24.9 Å². The third-order valence-corrected chi connectivity index (χ3v) is 10.6. The van der Waals surface area contributed by atoms with E-state index in [4.69, 9.17) is 29.9 Å². The molecule has 0 bridgehead atoms. The molecule has 0 radical (unpaired) electrons. The fourth-order valence-electron chi connectivity index (χ4n) is 7.50. The molecule has 276 valence electrons. The van der Waals surface area contributed by atoms with E-state index < -0.39 is 29.5 Å². The smallest absolute Gasteiger partial charge is 0.321 e. The SMILES string of the molecule is COc1ccc(CN2CCCCCC=CC3CC3(C(N)=O)NC(=O)C3CC(Oc4nc(-c5ccccc5)nc5c(C)c(OC)ccc45)CN3C2=O)cc1. The van der Waals surface area contributed by atoms with E-state index in [1.54, 1.807) is 24.0 Å². The summed E-state index contributed by atoms with van der Waals surface area (Å²) in [5, 5.41) is 3.67. The minimum absolute atomic E-state index is 0.129. The van der Waals surface area contributed by atoms with Crippen molar-refractivity contribution in [3.05, 3.63) is 90.0 Å². The Morgan fingerprint density at radius 1 is 0.981 bits per heavy atom. The molecule has 1 aliphatic carbocycles. The number of urea groups is 1. The maximum atomic E-state index is 14.7. The third-order valence-electron chi connectivity index (χ3n) is 10.6. The van der Waals surface area contributed by atoms with Gasteiger partial charge in [-0.2, -0.15) is 4.98 Å². The van der Waals surface area contributed by atoms with Crippen molar-refractivity contribution in [3.63, 3.8) is 0 Å². The molecule has 3 aliphatic rings. The Kier molecular flexibility index (Phi) is 10.2. The molecule has 7 rings (SSSR count). The molecule has 12 nitrogen and oxygen atoms in total. The van der Waals surface area contributed by atoms with Gasteiger partial charge in [-0.15, -0.1) is 0 Å². The summed E-state index contributed by atoms with van der Waals surface area (Å²) < 4.78 is 17.7. The molecule has 2 aliphatic heterocycles. The van der Waals surface area contributed by atoms with Crippen LogP contribution in [0.1, 0.15) is 49.7 Å². The van der Waals surface area contributed by atoms with Gasteiger partial charge in [0, 0.05) is 36.6 Å². The Morgan fingerprint density at radius 2 is 1.77 bits per heavy atom. The molecule has 4 atom stereocenters. The Hall–Kier alpha value is -5.65. The van der Waals surface area contributed by atoms with Gasteiger partial charge in [0.15, 0.2) is 5.82 Å². The van der Waals surface area contributed by atoms with Crippen molar-refractivity contribution in [2.45, 2.75) is 69.7 Å². The lowest BCUT2D eigenvalue weighted by Gasteiger charge is -2.32. The molecule has 4 aromatic rings. The predicted molar refractivity (Wildman–Crippen MR) is 200 cm³/mol. The first-order valence-electron chi connectivity index (χ1n) is 18.2. The van der Waals surface area contributed by atoms with Crippen LogP contribution in [0.3, 0.4) is 0 Å². The van der Waals surface area contributed by atoms with Crippen LogP contribution in [0.4, 0.5) is 4.79 Å². The molecule has 3 heterocycles. The summed E-state index contributed by atoms with van der Waals surface area (Å²) in [6.07, 6.45) is 7.57. The number of methoxy groups -OCH3 is 2. The van der Waals surface area contributed by atoms with Crippen molar-refractivity contribution >= 4 is 28.7 Å². The second-order valence-electron chi connectivity index (χ2n) is 14.1. The molecular weight excluding hydrogens is 672 g/mol. The Morgan fingerprint density at radius 3 is 2.51 bits per heavy atom. The highest BCUT2D eigenvalue weighted by Crippen LogP contribution is 2.45. The largest absolute Gasteiger partial charge is 0.497 e. The monoisotopic (exact) mass is 718 g/mol. The Labute approximate surface area is 309 Å². The number of rotatable bonds is 8.